The Hall–Kier alpha value is -0.860. The maximum Gasteiger partial charge on any atom is 0.0797 e. The van der Waals surface area contributed by atoms with Crippen molar-refractivity contribution in [2.75, 3.05) is 5.88 Å². The highest BCUT2D eigenvalue weighted by molar-refractivity contribution is 7.09. The van der Waals surface area contributed by atoms with Gasteiger partial charge in [0.15, 0.2) is 0 Å². The summed E-state index contributed by atoms with van der Waals surface area (Å²) in [7, 11) is 0. The molecule has 0 bridgehead atoms. The highest BCUT2D eigenvalue weighted by Gasteiger charge is 2.12. The molecule has 0 fully saturated rings. The maximum atomic E-state index is 6.11. The lowest BCUT2D eigenvalue weighted by Crippen LogP contribution is -2.02. The lowest BCUT2D eigenvalue weighted by Gasteiger charge is -2.14. The third-order valence-electron chi connectivity index (χ3n) is 3.30. The summed E-state index contributed by atoms with van der Waals surface area (Å²) in [5.74, 6) is 1.12. The number of halogens is 1. The van der Waals surface area contributed by atoms with Gasteiger partial charge in [-0.25, -0.2) is 4.98 Å². The fourth-order valence-corrected chi connectivity index (χ4v) is 3.17. The van der Waals surface area contributed by atoms with Crippen LogP contribution in [0.5, 0.6) is 0 Å². The summed E-state index contributed by atoms with van der Waals surface area (Å²) >= 11 is 7.86. The van der Waals surface area contributed by atoms with E-state index < -0.39 is 0 Å². The lowest BCUT2D eigenvalue weighted by molar-refractivity contribution is 0.687. The van der Waals surface area contributed by atoms with Gasteiger partial charge in [0.2, 0.25) is 0 Å². The SMILES string of the molecule is Cc1ccc(C(CCl)CCc2scnc2C)cc1. The molecule has 96 valence electrons. The van der Waals surface area contributed by atoms with Crippen LogP contribution in [0.25, 0.3) is 0 Å². The van der Waals surface area contributed by atoms with Gasteiger partial charge in [-0.3, -0.25) is 0 Å². The van der Waals surface area contributed by atoms with E-state index in [2.05, 4.69) is 43.1 Å². The smallest absolute Gasteiger partial charge is 0.0797 e. The molecule has 0 spiro atoms. The first-order chi connectivity index (χ1) is 8.70. The fraction of sp³-hybridized carbons (Fsp3) is 0.400. The number of rotatable bonds is 5. The van der Waals surface area contributed by atoms with E-state index in [1.807, 2.05) is 5.51 Å². The van der Waals surface area contributed by atoms with Crippen molar-refractivity contribution in [2.24, 2.45) is 0 Å². The second-order valence-electron chi connectivity index (χ2n) is 4.66. The van der Waals surface area contributed by atoms with Crippen molar-refractivity contribution in [3.63, 3.8) is 0 Å². The van der Waals surface area contributed by atoms with E-state index in [4.69, 9.17) is 11.6 Å². The molecule has 0 aliphatic carbocycles. The Balaban J connectivity index is 2.01. The number of aryl methyl sites for hydroxylation is 3. The lowest BCUT2D eigenvalue weighted by atomic mass is 9.95. The number of hydrogen-bond acceptors (Lipinski definition) is 2. The van der Waals surface area contributed by atoms with Crippen molar-refractivity contribution < 1.29 is 0 Å². The molecule has 2 aromatic rings. The van der Waals surface area contributed by atoms with Gasteiger partial charge in [-0.05, 0) is 38.2 Å². The van der Waals surface area contributed by atoms with Crippen LogP contribution in [0.1, 0.15) is 34.0 Å². The van der Waals surface area contributed by atoms with Gasteiger partial charge >= 0.3 is 0 Å². The van der Waals surface area contributed by atoms with Crippen molar-refractivity contribution in [3.05, 3.63) is 51.5 Å². The predicted molar refractivity (Wildman–Crippen MR) is 79.8 cm³/mol. The summed E-state index contributed by atoms with van der Waals surface area (Å²) in [6.45, 7) is 4.19. The minimum atomic E-state index is 0.439. The third-order valence-corrected chi connectivity index (χ3v) is 4.67. The van der Waals surface area contributed by atoms with Crippen LogP contribution >= 0.6 is 22.9 Å². The van der Waals surface area contributed by atoms with E-state index in [0.717, 1.165) is 18.5 Å². The molecular formula is C15H18ClNS. The highest BCUT2D eigenvalue weighted by atomic mass is 35.5. The van der Waals surface area contributed by atoms with Crippen molar-refractivity contribution in [2.45, 2.75) is 32.6 Å². The average molecular weight is 280 g/mol. The van der Waals surface area contributed by atoms with Crippen LogP contribution in [-0.4, -0.2) is 10.9 Å². The fourth-order valence-electron chi connectivity index (χ4n) is 2.04. The van der Waals surface area contributed by atoms with Crippen molar-refractivity contribution >= 4 is 22.9 Å². The number of aromatic nitrogens is 1. The van der Waals surface area contributed by atoms with Crippen molar-refractivity contribution in [1.82, 2.24) is 4.98 Å². The van der Waals surface area contributed by atoms with Gasteiger partial charge in [0.1, 0.15) is 0 Å². The molecule has 0 N–H and O–H groups in total. The molecule has 0 aliphatic heterocycles. The molecule has 1 atom stereocenters. The van der Waals surface area contributed by atoms with Gasteiger partial charge in [-0.15, -0.1) is 22.9 Å². The molecule has 1 unspecified atom stereocenters. The largest absolute Gasteiger partial charge is 0.250 e. The van der Waals surface area contributed by atoms with Crippen LogP contribution in [-0.2, 0) is 6.42 Å². The second kappa shape index (κ2) is 6.35. The zero-order valence-corrected chi connectivity index (χ0v) is 12.4. The minimum absolute atomic E-state index is 0.439. The predicted octanol–water partition coefficient (Wildman–Crippen LogP) is 4.72. The Morgan fingerprint density at radius 2 is 1.94 bits per heavy atom. The molecule has 3 heteroatoms. The van der Waals surface area contributed by atoms with Crippen LogP contribution < -0.4 is 0 Å². The second-order valence-corrected chi connectivity index (χ2v) is 5.91. The average Bonchev–Trinajstić information content (AvgIpc) is 2.78. The van der Waals surface area contributed by atoms with Crippen LogP contribution in [0.3, 0.4) is 0 Å². The quantitative estimate of drug-likeness (QED) is 0.722. The van der Waals surface area contributed by atoms with Gasteiger partial charge in [0.25, 0.3) is 0 Å². The first-order valence-corrected chi connectivity index (χ1v) is 7.63. The van der Waals surface area contributed by atoms with Gasteiger partial charge in [-0.2, -0.15) is 0 Å². The first kappa shape index (κ1) is 13.6. The molecule has 0 aliphatic rings. The molecule has 1 nitrogen and oxygen atoms in total. The molecule has 0 radical (unpaired) electrons. The molecule has 2 rings (SSSR count). The van der Waals surface area contributed by atoms with E-state index in [0.29, 0.717) is 11.8 Å². The van der Waals surface area contributed by atoms with Crippen LogP contribution in [0.2, 0.25) is 0 Å². The number of nitrogens with zero attached hydrogens (tertiary/aromatic N) is 1. The van der Waals surface area contributed by atoms with Crippen molar-refractivity contribution in [3.8, 4) is 0 Å². The summed E-state index contributed by atoms with van der Waals surface area (Å²) < 4.78 is 0. The van der Waals surface area contributed by atoms with E-state index in [9.17, 15) is 0 Å². The first-order valence-electron chi connectivity index (χ1n) is 6.22. The summed E-state index contributed by atoms with van der Waals surface area (Å²) in [6.07, 6.45) is 2.16. The zero-order chi connectivity index (χ0) is 13.0. The number of alkyl halides is 1. The molecule has 0 saturated carbocycles. The standard InChI is InChI=1S/C15H18ClNS/c1-11-3-5-13(6-4-11)14(9-16)7-8-15-12(2)17-10-18-15/h3-6,10,14H,7-9H2,1-2H3. The third kappa shape index (κ3) is 3.33. The number of benzene rings is 1. The molecule has 0 amide bonds. The van der Waals surface area contributed by atoms with E-state index in [1.165, 1.54) is 16.0 Å². The van der Waals surface area contributed by atoms with Gasteiger partial charge in [0.05, 0.1) is 11.2 Å². The molecule has 18 heavy (non-hydrogen) atoms. The van der Waals surface area contributed by atoms with E-state index in [-0.39, 0.29) is 0 Å². The zero-order valence-electron chi connectivity index (χ0n) is 10.8. The van der Waals surface area contributed by atoms with Crippen LogP contribution in [0.4, 0.5) is 0 Å². The van der Waals surface area contributed by atoms with Gasteiger partial charge in [0, 0.05) is 10.8 Å². The Kier molecular flexibility index (Phi) is 4.79. The maximum absolute atomic E-state index is 6.11. The monoisotopic (exact) mass is 279 g/mol. The normalized spacial score (nSPS) is 12.6. The van der Waals surface area contributed by atoms with Gasteiger partial charge in [-0.1, -0.05) is 29.8 Å². The minimum Gasteiger partial charge on any atom is -0.250 e. The van der Waals surface area contributed by atoms with Crippen molar-refractivity contribution in [1.29, 1.82) is 0 Å². The molecule has 1 aromatic carbocycles. The Bertz CT molecular complexity index is 489. The van der Waals surface area contributed by atoms with E-state index in [1.54, 1.807) is 11.3 Å². The summed E-state index contributed by atoms with van der Waals surface area (Å²) in [6, 6.07) is 8.71. The topological polar surface area (TPSA) is 12.9 Å². The Labute approximate surface area is 118 Å². The highest BCUT2D eigenvalue weighted by Crippen LogP contribution is 2.25. The molecule has 0 saturated heterocycles. The van der Waals surface area contributed by atoms with Crippen LogP contribution in [0, 0.1) is 13.8 Å². The van der Waals surface area contributed by atoms with Crippen LogP contribution in [0.15, 0.2) is 29.8 Å². The Morgan fingerprint density at radius 1 is 1.22 bits per heavy atom. The summed E-state index contributed by atoms with van der Waals surface area (Å²) in [5, 5.41) is 0. The summed E-state index contributed by atoms with van der Waals surface area (Å²) in [4.78, 5) is 5.68. The number of hydrogen-bond donors (Lipinski definition) is 0. The summed E-state index contributed by atoms with van der Waals surface area (Å²) in [5.41, 5.74) is 5.73. The molecule has 1 aromatic heterocycles. The number of thiazole rings is 1. The van der Waals surface area contributed by atoms with Gasteiger partial charge < -0.3 is 0 Å². The molecular weight excluding hydrogens is 262 g/mol. The molecule has 1 heterocycles. The Morgan fingerprint density at radius 3 is 2.50 bits per heavy atom. The van der Waals surface area contributed by atoms with E-state index >= 15 is 0 Å².